The Morgan fingerprint density at radius 2 is 1.69 bits per heavy atom. The number of carbonyl (C=O) groups excluding carboxylic acids is 4. The zero-order chi connectivity index (χ0) is 29.0. The van der Waals surface area contributed by atoms with Crippen molar-refractivity contribution in [2.24, 2.45) is 0 Å². The minimum Gasteiger partial charge on any atom is -0.468 e. The van der Waals surface area contributed by atoms with Crippen molar-refractivity contribution in [3.05, 3.63) is 71.3 Å². The van der Waals surface area contributed by atoms with Gasteiger partial charge in [0.2, 0.25) is 11.8 Å². The second-order valence-electron chi connectivity index (χ2n) is 9.57. The van der Waals surface area contributed by atoms with Crippen molar-refractivity contribution in [1.82, 2.24) is 15.5 Å². The molecule has 0 aliphatic heterocycles. The summed E-state index contributed by atoms with van der Waals surface area (Å²) in [7, 11) is 1.18. The van der Waals surface area contributed by atoms with Gasteiger partial charge in [0, 0.05) is 18.5 Å². The SMILES string of the molecule is C#Cc1ccccc1C(C(=O)NCC(=O)OC)N(CCO)C(=O)C(Cc1ccccc1)NC(=O)OC(C)(C)C. The number of amides is 3. The molecule has 0 aliphatic carbocycles. The Morgan fingerprint density at radius 3 is 2.28 bits per heavy atom. The molecule has 0 saturated carbocycles. The van der Waals surface area contributed by atoms with Gasteiger partial charge in [0.05, 0.1) is 13.7 Å². The lowest BCUT2D eigenvalue weighted by Crippen LogP contribution is -2.54. The average Bonchev–Trinajstić information content (AvgIpc) is 2.90. The number of nitrogens with one attached hydrogen (secondary N) is 2. The largest absolute Gasteiger partial charge is 0.468 e. The fourth-order valence-corrected chi connectivity index (χ4v) is 3.82. The molecule has 2 aromatic rings. The van der Waals surface area contributed by atoms with Gasteiger partial charge < -0.3 is 30.1 Å². The molecule has 3 amide bonds. The van der Waals surface area contributed by atoms with Crippen LogP contribution in [0.25, 0.3) is 0 Å². The van der Waals surface area contributed by atoms with Crippen LogP contribution in [0.5, 0.6) is 0 Å². The number of aliphatic hydroxyl groups is 1. The molecule has 0 saturated heterocycles. The number of methoxy groups -OCH3 is 1. The number of rotatable bonds is 11. The number of esters is 1. The molecule has 3 N–H and O–H groups in total. The zero-order valence-electron chi connectivity index (χ0n) is 22.6. The molecule has 0 bridgehead atoms. The molecule has 208 valence electrons. The minimum absolute atomic E-state index is 0.0775. The van der Waals surface area contributed by atoms with Crippen molar-refractivity contribution >= 4 is 23.9 Å². The first-order chi connectivity index (χ1) is 18.5. The highest BCUT2D eigenvalue weighted by molar-refractivity contribution is 5.93. The van der Waals surface area contributed by atoms with Gasteiger partial charge in [0.25, 0.3) is 0 Å². The van der Waals surface area contributed by atoms with Gasteiger partial charge in [-0.25, -0.2) is 4.79 Å². The van der Waals surface area contributed by atoms with Gasteiger partial charge in [-0.1, -0.05) is 54.5 Å². The zero-order valence-corrected chi connectivity index (χ0v) is 22.6. The number of benzene rings is 2. The summed E-state index contributed by atoms with van der Waals surface area (Å²) in [5.74, 6) is 0.430. The number of ether oxygens (including phenoxy) is 2. The summed E-state index contributed by atoms with van der Waals surface area (Å²) in [4.78, 5) is 53.1. The molecule has 2 rings (SSSR count). The van der Waals surface area contributed by atoms with Crippen LogP contribution >= 0.6 is 0 Å². The fourth-order valence-electron chi connectivity index (χ4n) is 3.82. The van der Waals surface area contributed by atoms with Gasteiger partial charge in [-0.3, -0.25) is 14.4 Å². The maximum Gasteiger partial charge on any atom is 0.408 e. The predicted molar refractivity (Wildman–Crippen MR) is 144 cm³/mol. The van der Waals surface area contributed by atoms with Crippen LogP contribution in [-0.2, 0) is 30.3 Å². The number of hydrogen-bond donors (Lipinski definition) is 3. The molecule has 2 unspecified atom stereocenters. The number of nitrogens with zero attached hydrogens (tertiary/aromatic N) is 1. The van der Waals surface area contributed by atoms with Crippen molar-refractivity contribution in [2.75, 3.05) is 26.8 Å². The second-order valence-corrected chi connectivity index (χ2v) is 9.57. The Balaban J connectivity index is 2.55. The van der Waals surface area contributed by atoms with Crippen molar-refractivity contribution in [2.45, 2.75) is 44.9 Å². The Labute approximate surface area is 228 Å². The highest BCUT2D eigenvalue weighted by atomic mass is 16.6. The van der Waals surface area contributed by atoms with Gasteiger partial charge in [0.1, 0.15) is 24.2 Å². The van der Waals surface area contributed by atoms with E-state index in [1.807, 2.05) is 6.07 Å². The number of terminal acetylenes is 1. The van der Waals surface area contributed by atoms with Crippen LogP contribution in [0.1, 0.15) is 43.5 Å². The molecule has 10 nitrogen and oxygen atoms in total. The highest BCUT2D eigenvalue weighted by Crippen LogP contribution is 2.26. The molecule has 0 radical (unpaired) electrons. The van der Waals surface area contributed by atoms with E-state index < -0.39 is 54.7 Å². The van der Waals surface area contributed by atoms with Crippen LogP contribution < -0.4 is 10.6 Å². The monoisotopic (exact) mass is 537 g/mol. The van der Waals surface area contributed by atoms with Gasteiger partial charge in [0.15, 0.2) is 0 Å². The van der Waals surface area contributed by atoms with Crippen LogP contribution in [0.15, 0.2) is 54.6 Å². The topological polar surface area (TPSA) is 134 Å². The molecule has 39 heavy (non-hydrogen) atoms. The predicted octanol–water partition coefficient (Wildman–Crippen LogP) is 1.96. The van der Waals surface area contributed by atoms with E-state index in [2.05, 4.69) is 21.3 Å². The molecular formula is C29H35N3O7. The lowest BCUT2D eigenvalue weighted by molar-refractivity contribution is -0.145. The van der Waals surface area contributed by atoms with E-state index in [-0.39, 0.29) is 13.0 Å². The first-order valence-corrected chi connectivity index (χ1v) is 12.4. The fraction of sp³-hybridized carbons (Fsp3) is 0.379. The highest BCUT2D eigenvalue weighted by Gasteiger charge is 2.37. The third-order valence-corrected chi connectivity index (χ3v) is 5.50. The summed E-state index contributed by atoms with van der Waals surface area (Å²) in [5, 5.41) is 15.0. The quantitative estimate of drug-likeness (QED) is 0.295. The molecule has 2 atom stereocenters. The van der Waals surface area contributed by atoms with Crippen molar-refractivity contribution in [1.29, 1.82) is 0 Å². The minimum atomic E-state index is -1.33. The van der Waals surface area contributed by atoms with Crippen LogP contribution in [0.2, 0.25) is 0 Å². The molecule has 2 aromatic carbocycles. The second kappa shape index (κ2) is 14.5. The normalized spacial score (nSPS) is 12.3. The van der Waals surface area contributed by atoms with E-state index in [1.165, 1.54) is 7.11 Å². The molecule has 0 aliphatic rings. The van der Waals surface area contributed by atoms with Gasteiger partial charge in [-0.05, 0) is 38.0 Å². The number of aliphatic hydroxyl groups excluding tert-OH is 1. The van der Waals surface area contributed by atoms with E-state index >= 15 is 0 Å². The molecule has 10 heteroatoms. The van der Waals surface area contributed by atoms with Crippen LogP contribution in [0.3, 0.4) is 0 Å². The molecule has 0 fully saturated rings. The van der Waals surface area contributed by atoms with E-state index in [0.29, 0.717) is 11.1 Å². The third-order valence-electron chi connectivity index (χ3n) is 5.50. The summed E-state index contributed by atoms with van der Waals surface area (Å²) in [5.41, 5.74) is 0.565. The number of hydrogen-bond acceptors (Lipinski definition) is 7. The molecule has 0 spiro atoms. The van der Waals surface area contributed by atoms with E-state index in [1.54, 1.807) is 69.3 Å². The van der Waals surface area contributed by atoms with Gasteiger partial charge in [-0.15, -0.1) is 6.42 Å². The summed E-state index contributed by atoms with van der Waals surface area (Å²) >= 11 is 0. The Kier molecular flexibility index (Phi) is 11.5. The number of carbonyl (C=O) groups is 4. The Morgan fingerprint density at radius 1 is 1.05 bits per heavy atom. The lowest BCUT2D eigenvalue weighted by atomic mass is 9.96. The standard InChI is InChI=1S/C29H35N3O7/c1-6-21-14-10-11-15-22(21)25(26(35)30-19-24(34)38-5)32(16-17-33)27(36)23(18-20-12-8-7-9-13-20)31-28(37)39-29(2,3)4/h1,7-15,23,25,33H,16-19H2,2-5H3,(H,30,35)(H,31,37). The van der Waals surface area contributed by atoms with Crippen molar-refractivity contribution in [3.63, 3.8) is 0 Å². The van der Waals surface area contributed by atoms with E-state index in [0.717, 1.165) is 10.5 Å². The Bertz CT molecular complexity index is 1190. The first-order valence-electron chi connectivity index (χ1n) is 12.4. The van der Waals surface area contributed by atoms with Crippen molar-refractivity contribution in [3.8, 4) is 12.3 Å². The summed E-state index contributed by atoms with van der Waals surface area (Å²) < 4.78 is 9.98. The third kappa shape index (κ3) is 9.47. The summed E-state index contributed by atoms with van der Waals surface area (Å²) in [6.45, 7) is 3.87. The lowest BCUT2D eigenvalue weighted by Gasteiger charge is -2.34. The van der Waals surface area contributed by atoms with E-state index in [9.17, 15) is 24.3 Å². The van der Waals surface area contributed by atoms with Gasteiger partial charge >= 0.3 is 12.1 Å². The average molecular weight is 538 g/mol. The van der Waals surface area contributed by atoms with Crippen LogP contribution in [0.4, 0.5) is 4.79 Å². The smallest absolute Gasteiger partial charge is 0.408 e. The van der Waals surface area contributed by atoms with Crippen LogP contribution in [-0.4, -0.2) is 72.3 Å². The maximum atomic E-state index is 14.1. The summed E-state index contributed by atoms with van der Waals surface area (Å²) in [6.07, 6.45) is 4.94. The maximum absolute atomic E-state index is 14.1. The first kappa shape index (κ1) is 30.9. The summed E-state index contributed by atoms with van der Waals surface area (Å²) in [6, 6.07) is 13.0. The Hall–Kier alpha value is -4.36. The number of alkyl carbamates (subject to hydrolysis) is 1. The van der Waals surface area contributed by atoms with Crippen molar-refractivity contribution < 1.29 is 33.8 Å². The van der Waals surface area contributed by atoms with E-state index in [4.69, 9.17) is 11.2 Å². The molecular weight excluding hydrogens is 502 g/mol. The molecule has 0 aromatic heterocycles. The van der Waals surface area contributed by atoms with Gasteiger partial charge in [-0.2, -0.15) is 0 Å². The van der Waals surface area contributed by atoms with Crippen LogP contribution in [0, 0.1) is 12.3 Å². The molecule has 0 heterocycles.